The van der Waals surface area contributed by atoms with Crippen LogP contribution in [0.5, 0.6) is 11.5 Å². The first-order valence-corrected chi connectivity index (χ1v) is 9.95. The Morgan fingerprint density at radius 1 is 1.18 bits per heavy atom. The van der Waals surface area contributed by atoms with Crippen molar-refractivity contribution in [1.82, 2.24) is 5.32 Å². The summed E-state index contributed by atoms with van der Waals surface area (Å²) in [6.07, 6.45) is 0. The van der Waals surface area contributed by atoms with Crippen molar-refractivity contribution in [3.8, 4) is 11.5 Å². The number of likely N-dealkylation sites (N-methyl/N-ethyl adjacent to an activating group) is 1. The van der Waals surface area contributed by atoms with Gasteiger partial charge in [0.25, 0.3) is 5.91 Å². The summed E-state index contributed by atoms with van der Waals surface area (Å²) in [7, 11) is 3.59. The van der Waals surface area contributed by atoms with Crippen molar-refractivity contribution in [3.05, 3.63) is 57.6 Å². The summed E-state index contributed by atoms with van der Waals surface area (Å²) in [5.41, 5.74) is 1.91. The lowest BCUT2D eigenvalue weighted by molar-refractivity contribution is -0.885. The third-order valence-electron chi connectivity index (χ3n) is 4.30. The van der Waals surface area contributed by atoms with Gasteiger partial charge in [-0.15, -0.1) is 0 Å². The van der Waals surface area contributed by atoms with E-state index in [-0.39, 0.29) is 11.9 Å². The molecule has 0 saturated carbocycles. The number of halogens is 2. The van der Waals surface area contributed by atoms with Crippen molar-refractivity contribution in [2.45, 2.75) is 26.4 Å². The number of carbonyl (C=O) groups is 1. The summed E-state index contributed by atoms with van der Waals surface area (Å²) in [4.78, 5) is 13.5. The molecule has 0 bridgehead atoms. The lowest BCUT2D eigenvalue weighted by atomic mass is 10.1. The first-order valence-electron chi connectivity index (χ1n) is 9.19. The van der Waals surface area contributed by atoms with Crippen LogP contribution in [0.1, 0.15) is 31.0 Å². The van der Waals surface area contributed by atoms with E-state index in [1.54, 1.807) is 19.2 Å². The van der Waals surface area contributed by atoms with Crippen molar-refractivity contribution in [1.29, 1.82) is 0 Å². The van der Waals surface area contributed by atoms with E-state index >= 15 is 0 Å². The first kappa shape index (κ1) is 22.3. The Balaban J connectivity index is 1.93. The number of quaternary nitrogens is 1. The Labute approximate surface area is 176 Å². The largest absolute Gasteiger partial charge is 0.493 e. The SMILES string of the molecule is CCOc1ccc(C[NH+](C)CC(=O)N[C@@H](C)c2ccc(Cl)cc2Cl)cc1OC. The van der Waals surface area contributed by atoms with Crippen molar-refractivity contribution < 1.29 is 19.2 Å². The fraction of sp³-hybridized carbons (Fsp3) is 0.381. The van der Waals surface area contributed by atoms with Gasteiger partial charge in [0.2, 0.25) is 0 Å². The minimum Gasteiger partial charge on any atom is -0.493 e. The van der Waals surface area contributed by atoms with E-state index < -0.39 is 0 Å². The normalized spacial score (nSPS) is 12.9. The summed E-state index contributed by atoms with van der Waals surface area (Å²) in [5.74, 6) is 1.37. The second-order valence-corrected chi connectivity index (χ2v) is 7.53. The van der Waals surface area contributed by atoms with Gasteiger partial charge in [-0.3, -0.25) is 4.79 Å². The Bertz CT molecular complexity index is 814. The van der Waals surface area contributed by atoms with Gasteiger partial charge < -0.3 is 19.7 Å². The second kappa shape index (κ2) is 10.6. The molecule has 5 nitrogen and oxygen atoms in total. The average Bonchev–Trinajstić information content (AvgIpc) is 2.62. The zero-order valence-electron chi connectivity index (χ0n) is 16.6. The first-order chi connectivity index (χ1) is 13.3. The number of rotatable bonds is 9. The molecule has 28 heavy (non-hydrogen) atoms. The average molecular weight is 426 g/mol. The number of hydrogen-bond donors (Lipinski definition) is 2. The Morgan fingerprint density at radius 3 is 2.57 bits per heavy atom. The van der Waals surface area contributed by atoms with Crippen LogP contribution in [0.15, 0.2) is 36.4 Å². The van der Waals surface area contributed by atoms with E-state index in [1.165, 1.54) is 0 Å². The molecule has 7 heteroatoms. The molecule has 2 aromatic rings. The number of carbonyl (C=O) groups excluding carboxylic acids is 1. The van der Waals surface area contributed by atoms with Gasteiger partial charge in [0.15, 0.2) is 18.0 Å². The monoisotopic (exact) mass is 425 g/mol. The van der Waals surface area contributed by atoms with E-state index in [1.807, 2.05) is 45.2 Å². The number of hydrogen-bond acceptors (Lipinski definition) is 3. The van der Waals surface area contributed by atoms with Gasteiger partial charge in [0.05, 0.1) is 26.8 Å². The van der Waals surface area contributed by atoms with Crippen molar-refractivity contribution in [2.24, 2.45) is 0 Å². The molecule has 0 aliphatic heterocycles. The van der Waals surface area contributed by atoms with E-state index in [0.29, 0.717) is 35.5 Å². The van der Waals surface area contributed by atoms with Gasteiger partial charge >= 0.3 is 0 Å². The molecular formula is C21H27Cl2N2O3+. The van der Waals surface area contributed by atoms with Crippen LogP contribution in [-0.2, 0) is 11.3 Å². The standard InChI is InChI=1S/C21H26Cl2N2O3/c1-5-28-19-9-6-15(10-20(19)27-4)12-25(3)13-21(26)24-14(2)17-8-7-16(22)11-18(17)23/h6-11,14H,5,12-13H2,1-4H3,(H,24,26)/p+1/t14-/m0/s1. The predicted octanol–water partition coefficient (Wildman–Crippen LogP) is 3.29. The highest BCUT2D eigenvalue weighted by Gasteiger charge is 2.17. The Kier molecular flexibility index (Phi) is 8.42. The molecule has 0 spiro atoms. The fourth-order valence-electron chi connectivity index (χ4n) is 3.00. The predicted molar refractivity (Wildman–Crippen MR) is 113 cm³/mol. The number of amides is 1. The molecule has 2 N–H and O–H groups in total. The maximum Gasteiger partial charge on any atom is 0.275 e. The van der Waals surface area contributed by atoms with Crippen LogP contribution in [0.25, 0.3) is 0 Å². The van der Waals surface area contributed by atoms with E-state index in [0.717, 1.165) is 21.8 Å². The summed E-state index contributed by atoms with van der Waals surface area (Å²) >= 11 is 12.2. The highest BCUT2D eigenvalue weighted by Crippen LogP contribution is 2.28. The zero-order valence-corrected chi connectivity index (χ0v) is 18.2. The molecule has 0 heterocycles. The molecule has 1 amide bonds. The lowest BCUT2D eigenvalue weighted by Gasteiger charge is -2.19. The van der Waals surface area contributed by atoms with Crippen LogP contribution in [0, 0.1) is 0 Å². The van der Waals surface area contributed by atoms with Gasteiger partial charge in [-0.05, 0) is 49.7 Å². The Hall–Kier alpha value is -1.95. The molecular weight excluding hydrogens is 399 g/mol. The van der Waals surface area contributed by atoms with Crippen LogP contribution in [-0.4, -0.2) is 33.2 Å². The van der Waals surface area contributed by atoms with Crippen LogP contribution in [0.3, 0.4) is 0 Å². The van der Waals surface area contributed by atoms with Crippen LogP contribution in [0.4, 0.5) is 0 Å². The maximum atomic E-state index is 12.4. The van der Waals surface area contributed by atoms with Gasteiger partial charge in [-0.25, -0.2) is 0 Å². The summed E-state index contributed by atoms with van der Waals surface area (Å²) in [5, 5.41) is 4.11. The van der Waals surface area contributed by atoms with Gasteiger partial charge in [-0.1, -0.05) is 29.3 Å². The molecule has 0 aliphatic rings. The summed E-state index contributed by atoms with van der Waals surface area (Å²) in [6.45, 7) is 5.44. The van der Waals surface area contributed by atoms with Crippen molar-refractivity contribution in [2.75, 3.05) is 27.3 Å². The third kappa shape index (κ3) is 6.30. The van der Waals surface area contributed by atoms with Gasteiger partial charge in [0, 0.05) is 15.6 Å². The van der Waals surface area contributed by atoms with Crippen LogP contribution >= 0.6 is 23.2 Å². The lowest BCUT2D eigenvalue weighted by Crippen LogP contribution is -3.08. The highest BCUT2D eigenvalue weighted by molar-refractivity contribution is 6.35. The summed E-state index contributed by atoms with van der Waals surface area (Å²) in [6, 6.07) is 10.9. The van der Waals surface area contributed by atoms with Gasteiger partial charge in [-0.2, -0.15) is 0 Å². The van der Waals surface area contributed by atoms with Gasteiger partial charge in [0.1, 0.15) is 6.54 Å². The molecule has 0 aliphatic carbocycles. The number of nitrogens with one attached hydrogen (secondary N) is 2. The number of ether oxygens (including phenoxy) is 2. The van der Waals surface area contributed by atoms with E-state index in [9.17, 15) is 4.79 Å². The molecule has 2 aromatic carbocycles. The van der Waals surface area contributed by atoms with Crippen LogP contribution < -0.4 is 19.7 Å². The van der Waals surface area contributed by atoms with Crippen LogP contribution in [0.2, 0.25) is 10.0 Å². The molecule has 0 saturated heterocycles. The third-order valence-corrected chi connectivity index (χ3v) is 4.87. The quantitative estimate of drug-likeness (QED) is 0.647. The number of methoxy groups -OCH3 is 1. The van der Waals surface area contributed by atoms with Crippen molar-refractivity contribution in [3.63, 3.8) is 0 Å². The molecule has 152 valence electrons. The minimum absolute atomic E-state index is 0.0473. The minimum atomic E-state index is -0.198. The van der Waals surface area contributed by atoms with E-state index in [2.05, 4.69) is 5.32 Å². The zero-order chi connectivity index (χ0) is 20.7. The number of benzene rings is 2. The second-order valence-electron chi connectivity index (χ2n) is 6.68. The molecule has 2 atom stereocenters. The molecule has 0 radical (unpaired) electrons. The van der Waals surface area contributed by atoms with E-state index in [4.69, 9.17) is 32.7 Å². The highest BCUT2D eigenvalue weighted by atomic mass is 35.5. The molecule has 1 unspecified atom stereocenters. The smallest absolute Gasteiger partial charge is 0.275 e. The molecule has 0 fully saturated rings. The maximum absolute atomic E-state index is 12.4. The molecule has 0 aromatic heterocycles. The summed E-state index contributed by atoms with van der Waals surface area (Å²) < 4.78 is 10.9. The topological polar surface area (TPSA) is 52.0 Å². The Morgan fingerprint density at radius 2 is 1.93 bits per heavy atom. The van der Waals surface area contributed by atoms with Crippen molar-refractivity contribution >= 4 is 29.1 Å². The fourth-order valence-corrected chi connectivity index (χ4v) is 3.58. The molecule has 2 rings (SSSR count).